The topological polar surface area (TPSA) is 30.7 Å². The Labute approximate surface area is 135 Å². The molecule has 6 heteroatoms. The van der Waals surface area contributed by atoms with Crippen LogP contribution in [0.25, 0.3) is 21.9 Å². The van der Waals surface area contributed by atoms with Gasteiger partial charge in [-0.05, 0) is 17.7 Å². The van der Waals surface area contributed by atoms with Crippen molar-refractivity contribution in [1.82, 2.24) is 14.5 Å². The van der Waals surface area contributed by atoms with E-state index in [4.69, 9.17) is 0 Å². The van der Waals surface area contributed by atoms with Crippen LogP contribution in [0.2, 0.25) is 0 Å². The van der Waals surface area contributed by atoms with Gasteiger partial charge in [0.1, 0.15) is 5.52 Å². The van der Waals surface area contributed by atoms with E-state index in [0.717, 1.165) is 10.9 Å². The zero-order valence-corrected chi connectivity index (χ0v) is 12.5. The normalized spacial score (nSPS) is 12.1. The number of imidazole rings is 1. The second-order valence-corrected chi connectivity index (χ2v) is 5.51. The number of aromatic nitrogens is 3. The average molecular weight is 327 g/mol. The Morgan fingerprint density at radius 2 is 1.67 bits per heavy atom. The summed E-state index contributed by atoms with van der Waals surface area (Å²) in [5.74, 6) is -0.903. The molecule has 0 saturated heterocycles. The van der Waals surface area contributed by atoms with Gasteiger partial charge in [-0.2, -0.15) is 13.2 Å². The van der Waals surface area contributed by atoms with E-state index in [1.807, 2.05) is 12.1 Å². The van der Waals surface area contributed by atoms with Gasteiger partial charge in [0.05, 0.1) is 11.0 Å². The number of hydrogen-bond acceptors (Lipinski definition) is 2. The number of fused-ring (bicyclic) bond motifs is 3. The van der Waals surface area contributed by atoms with Crippen molar-refractivity contribution in [2.45, 2.75) is 12.7 Å². The fourth-order valence-electron chi connectivity index (χ4n) is 2.87. The Morgan fingerprint density at radius 1 is 0.875 bits per heavy atom. The molecule has 0 N–H and O–H groups in total. The fraction of sp³-hybridized carbons (Fsp3) is 0.111. The maximum atomic E-state index is 13.5. The van der Waals surface area contributed by atoms with E-state index in [-0.39, 0.29) is 12.1 Å². The molecule has 0 aliphatic rings. The molecule has 0 bridgehead atoms. The minimum Gasteiger partial charge on any atom is -0.316 e. The van der Waals surface area contributed by atoms with Crippen molar-refractivity contribution in [3.8, 4) is 0 Å². The maximum absolute atomic E-state index is 13.5. The van der Waals surface area contributed by atoms with Crippen molar-refractivity contribution in [3.63, 3.8) is 0 Å². The molecule has 24 heavy (non-hydrogen) atoms. The summed E-state index contributed by atoms with van der Waals surface area (Å²) < 4.78 is 41.7. The van der Waals surface area contributed by atoms with Gasteiger partial charge in [-0.25, -0.2) is 4.98 Å². The molecule has 4 rings (SSSR count). The molecular weight excluding hydrogens is 315 g/mol. The molecule has 0 atom stereocenters. The van der Waals surface area contributed by atoms with Crippen molar-refractivity contribution < 1.29 is 13.2 Å². The molecule has 0 fully saturated rings. The standard InChI is InChI=1S/C18H12F3N3/c19-18(20,21)17-23-16-14(9-8-13-7-4-10-22-15(13)16)24(17)11-12-5-2-1-3-6-12/h1-10H,11H2. The van der Waals surface area contributed by atoms with E-state index >= 15 is 0 Å². The van der Waals surface area contributed by atoms with E-state index in [0.29, 0.717) is 11.0 Å². The first-order valence-corrected chi connectivity index (χ1v) is 7.39. The number of hydrogen-bond donors (Lipinski definition) is 0. The monoisotopic (exact) mass is 327 g/mol. The third-order valence-electron chi connectivity index (χ3n) is 3.93. The van der Waals surface area contributed by atoms with Gasteiger partial charge in [0, 0.05) is 18.1 Å². The van der Waals surface area contributed by atoms with E-state index in [1.165, 1.54) is 4.57 Å². The predicted molar refractivity (Wildman–Crippen MR) is 85.6 cm³/mol. The largest absolute Gasteiger partial charge is 0.449 e. The number of halogens is 3. The summed E-state index contributed by atoms with van der Waals surface area (Å²) in [6.45, 7) is 0.102. The lowest BCUT2D eigenvalue weighted by atomic mass is 10.2. The van der Waals surface area contributed by atoms with Gasteiger partial charge in [-0.1, -0.05) is 42.5 Å². The van der Waals surface area contributed by atoms with Gasteiger partial charge in [0.15, 0.2) is 0 Å². The van der Waals surface area contributed by atoms with Crippen molar-refractivity contribution in [2.24, 2.45) is 0 Å². The van der Waals surface area contributed by atoms with Crippen LogP contribution in [0.3, 0.4) is 0 Å². The lowest BCUT2D eigenvalue weighted by Crippen LogP contribution is -2.15. The zero-order chi connectivity index (χ0) is 16.7. The molecule has 2 aromatic carbocycles. The van der Waals surface area contributed by atoms with Crippen LogP contribution >= 0.6 is 0 Å². The number of benzene rings is 2. The average Bonchev–Trinajstić information content (AvgIpc) is 2.95. The first kappa shape index (κ1) is 14.7. The van der Waals surface area contributed by atoms with Crippen LogP contribution in [0.15, 0.2) is 60.8 Å². The lowest BCUT2D eigenvalue weighted by molar-refractivity contribution is -0.146. The molecule has 0 aliphatic carbocycles. The molecule has 0 amide bonds. The Morgan fingerprint density at radius 3 is 2.42 bits per heavy atom. The van der Waals surface area contributed by atoms with Gasteiger partial charge in [0.2, 0.25) is 5.82 Å². The highest BCUT2D eigenvalue weighted by Crippen LogP contribution is 2.34. The van der Waals surface area contributed by atoms with Gasteiger partial charge >= 0.3 is 6.18 Å². The van der Waals surface area contributed by atoms with Crippen LogP contribution in [-0.4, -0.2) is 14.5 Å². The molecule has 0 saturated carbocycles. The van der Waals surface area contributed by atoms with Crippen LogP contribution in [0, 0.1) is 0 Å². The highest BCUT2D eigenvalue weighted by molar-refractivity contribution is 6.01. The summed E-state index contributed by atoms with van der Waals surface area (Å²) in [5.41, 5.74) is 1.96. The fourth-order valence-corrected chi connectivity index (χ4v) is 2.87. The van der Waals surface area contributed by atoms with E-state index in [9.17, 15) is 13.2 Å². The van der Waals surface area contributed by atoms with Crippen LogP contribution < -0.4 is 0 Å². The quantitative estimate of drug-likeness (QED) is 0.536. The van der Waals surface area contributed by atoms with Gasteiger partial charge in [-0.3, -0.25) is 4.98 Å². The highest BCUT2D eigenvalue weighted by Gasteiger charge is 2.38. The maximum Gasteiger partial charge on any atom is 0.449 e. The third-order valence-corrected chi connectivity index (χ3v) is 3.93. The number of alkyl halides is 3. The Bertz CT molecular complexity index is 1020. The van der Waals surface area contributed by atoms with Gasteiger partial charge in [-0.15, -0.1) is 0 Å². The Balaban J connectivity index is 2.00. The minimum absolute atomic E-state index is 0.102. The van der Waals surface area contributed by atoms with Crippen LogP contribution in [-0.2, 0) is 12.7 Å². The number of rotatable bonds is 2. The molecule has 0 unspecified atom stereocenters. The van der Waals surface area contributed by atoms with Crippen LogP contribution in [0.1, 0.15) is 11.4 Å². The molecule has 120 valence electrons. The van der Waals surface area contributed by atoms with Crippen LogP contribution in [0.4, 0.5) is 13.2 Å². The highest BCUT2D eigenvalue weighted by atomic mass is 19.4. The Kier molecular flexibility index (Phi) is 3.26. The lowest BCUT2D eigenvalue weighted by Gasteiger charge is -2.11. The van der Waals surface area contributed by atoms with Crippen molar-refractivity contribution in [3.05, 3.63) is 72.2 Å². The predicted octanol–water partition coefficient (Wildman–Crippen LogP) is 4.65. The molecule has 2 aromatic heterocycles. The summed E-state index contributed by atoms with van der Waals surface area (Å²) >= 11 is 0. The second kappa shape index (κ2) is 5.33. The molecule has 3 nitrogen and oxygen atoms in total. The van der Waals surface area contributed by atoms with E-state index in [1.54, 1.807) is 48.7 Å². The van der Waals surface area contributed by atoms with Crippen LogP contribution in [0.5, 0.6) is 0 Å². The Hall–Kier alpha value is -2.89. The first-order valence-electron chi connectivity index (χ1n) is 7.39. The van der Waals surface area contributed by atoms with Crippen molar-refractivity contribution in [1.29, 1.82) is 0 Å². The van der Waals surface area contributed by atoms with Crippen molar-refractivity contribution in [2.75, 3.05) is 0 Å². The molecule has 0 radical (unpaired) electrons. The molecule has 0 aliphatic heterocycles. The zero-order valence-electron chi connectivity index (χ0n) is 12.5. The summed E-state index contributed by atoms with van der Waals surface area (Å²) in [5, 5.41) is 0.767. The second-order valence-electron chi connectivity index (χ2n) is 5.51. The number of nitrogens with zero attached hydrogens (tertiary/aromatic N) is 3. The number of pyridine rings is 1. The molecule has 2 heterocycles. The smallest absolute Gasteiger partial charge is 0.316 e. The first-order chi connectivity index (χ1) is 11.5. The molecule has 4 aromatic rings. The summed E-state index contributed by atoms with van der Waals surface area (Å²) in [6, 6.07) is 16.0. The third kappa shape index (κ3) is 2.40. The van der Waals surface area contributed by atoms with Gasteiger partial charge < -0.3 is 4.57 Å². The molecular formula is C18H12F3N3. The summed E-state index contributed by atoms with van der Waals surface area (Å²) in [6.07, 6.45) is -2.97. The van der Waals surface area contributed by atoms with Crippen molar-refractivity contribution >= 4 is 21.9 Å². The molecule has 0 spiro atoms. The SMILES string of the molecule is FC(F)(F)c1nc2c3ncccc3ccc2n1Cc1ccccc1. The van der Waals surface area contributed by atoms with Gasteiger partial charge in [0.25, 0.3) is 0 Å². The minimum atomic E-state index is -4.53. The van der Waals surface area contributed by atoms with E-state index in [2.05, 4.69) is 9.97 Å². The van der Waals surface area contributed by atoms with E-state index < -0.39 is 12.0 Å². The summed E-state index contributed by atoms with van der Waals surface area (Å²) in [4.78, 5) is 8.09. The summed E-state index contributed by atoms with van der Waals surface area (Å²) in [7, 11) is 0.